The second-order valence-corrected chi connectivity index (χ2v) is 4.57. The third-order valence-electron chi connectivity index (χ3n) is 3.05. The molecule has 1 N–H and O–H groups in total. The summed E-state index contributed by atoms with van der Waals surface area (Å²) in [4.78, 5) is 4.42. The van der Waals surface area contributed by atoms with Gasteiger partial charge in [0.25, 0.3) is 0 Å². The number of oxazole rings is 1. The monoisotopic (exact) mass is 291 g/mol. The topological polar surface area (TPSA) is 109 Å². The van der Waals surface area contributed by atoms with Gasteiger partial charge >= 0.3 is 0 Å². The minimum absolute atomic E-state index is 0.101. The van der Waals surface area contributed by atoms with Gasteiger partial charge in [0.1, 0.15) is 29.4 Å². The van der Waals surface area contributed by atoms with Crippen molar-refractivity contribution in [3.63, 3.8) is 0 Å². The van der Waals surface area contributed by atoms with E-state index in [0.29, 0.717) is 22.7 Å². The summed E-state index contributed by atoms with van der Waals surface area (Å²) in [6.45, 7) is 2.09. The molecule has 6 heteroatoms. The fraction of sp³-hybridized carbons (Fsp3) is 0.250. The molecule has 108 valence electrons. The number of para-hydroxylation sites is 1. The van der Waals surface area contributed by atoms with E-state index in [-0.39, 0.29) is 11.3 Å². The van der Waals surface area contributed by atoms with Crippen molar-refractivity contribution in [3.8, 4) is 18.2 Å². The molecule has 1 heterocycles. The number of unbranched alkanes of at least 4 members (excludes halogenated alkanes) is 1. The lowest BCUT2D eigenvalue weighted by Gasteiger charge is -2.04. The predicted octanol–water partition coefficient (Wildman–Crippen LogP) is 3.41. The Kier molecular flexibility index (Phi) is 4.75. The lowest BCUT2D eigenvalue weighted by molar-refractivity contribution is 0.517. The number of allylic oxidation sites excluding steroid dienone is 2. The van der Waals surface area contributed by atoms with E-state index in [4.69, 9.17) is 20.2 Å². The first kappa shape index (κ1) is 15.1. The highest BCUT2D eigenvalue weighted by Crippen LogP contribution is 2.25. The highest BCUT2D eigenvalue weighted by atomic mass is 16.3. The molecule has 2 aromatic rings. The maximum Gasteiger partial charge on any atom is 0.195 e. The van der Waals surface area contributed by atoms with E-state index >= 15 is 0 Å². The average molecular weight is 291 g/mol. The summed E-state index contributed by atoms with van der Waals surface area (Å²) in [5.41, 5.74) is 1.34. The Balaban J connectivity index is 2.42. The van der Waals surface area contributed by atoms with Crippen LogP contribution in [0.25, 0.3) is 11.1 Å². The lowest BCUT2D eigenvalue weighted by Crippen LogP contribution is -2.01. The van der Waals surface area contributed by atoms with Crippen LogP contribution in [0.3, 0.4) is 0 Å². The molecular weight excluding hydrogens is 278 g/mol. The fourth-order valence-corrected chi connectivity index (χ4v) is 1.95. The first-order valence-corrected chi connectivity index (χ1v) is 6.83. The van der Waals surface area contributed by atoms with Crippen LogP contribution in [0, 0.1) is 34.0 Å². The molecule has 1 aromatic carbocycles. The van der Waals surface area contributed by atoms with Crippen molar-refractivity contribution in [2.24, 2.45) is 0 Å². The first-order valence-electron chi connectivity index (χ1n) is 6.83. The van der Waals surface area contributed by atoms with Crippen LogP contribution in [-0.2, 0) is 6.42 Å². The number of nitrogens with zero attached hydrogens (tertiary/aromatic N) is 4. The fourth-order valence-electron chi connectivity index (χ4n) is 1.95. The van der Waals surface area contributed by atoms with Crippen LogP contribution in [0.15, 0.2) is 33.9 Å². The molecule has 0 aliphatic rings. The average Bonchev–Trinajstić information content (AvgIpc) is 2.96. The van der Waals surface area contributed by atoms with Gasteiger partial charge in [-0.05, 0) is 18.6 Å². The molecule has 0 saturated heterocycles. The molecule has 0 unspecified atom stereocenters. The van der Waals surface area contributed by atoms with Crippen LogP contribution < -0.4 is 5.32 Å². The molecular formula is C16H13N5O. The summed E-state index contributed by atoms with van der Waals surface area (Å²) in [6.07, 6.45) is 2.76. The zero-order valence-corrected chi connectivity index (χ0v) is 12.1. The van der Waals surface area contributed by atoms with Gasteiger partial charge < -0.3 is 9.73 Å². The van der Waals surface area contributed by atoms with E-state index in [1.54, 1.807) is 30.3 Å². The minimum atomic E-state index is -0.269. The summed E-state index contributed by atoms with van der Waals surface area (Å²) in [5, 5.41) is 29.6. The molecule has 0 spiro atoms. The van der Waals surface area contributed by atoms with E-state index in [2.05, 4.69) is 17.2 Å². The number of nitriles is 3. The molecule has 2 rings (SSSR count). The quantitative estimate of drug-likeness (QED) is 0.845. The van der Waals surface area contributed by atoms with Crippen LogP contribution in [-0.4, -0.2) is 4.98 Å². The molecule has 22 heavy (non-hydrogen) atoms. The zero-order valence-electron chi connectivity index (χ0n) is 12.1. The minimum Gasteiger partial charge on any atom is -0.441 e. The first-order chi connectivity index (χ1) is 10.7. The van der Waals surface area contributed by atoms with E-state index in [0.717, 1.165) is 19.3 Å². The molecule has 0 radical (unpaired) electrons. The van der Waals surface area contributed by atoms with Gasteiger partial charge in [0.15, 0.2) is 17.0 Å². The number of rotatable bonds is 5. The van der Waals surface area contributed by atoms with Gasteiger partial charge in [-0.1, -0.05) is 19.4 Å². The Bertz CT molecular complexity index is 826. The summed E-state index contributed by atoms with van der Waals surface area (Å²) in [5.74, 6) is 0.634. The van der Waals surface area contributed by atoms with E-state index in [9.17, 15) is 0 Å². The van der Waals surface area contributed by atoms with Crippen LogP contribution in [0.2, 0.25) is 0 Å². The van der Waals surface area contributed by atoms with Crippen molar-refractivity contribution >= 4 is 16.8 Å². The zero-order chi connectivity index (χ0) is 15.9. The summed E-state index contributed by atoms with van der Waals surface area (Å²) < 4.78 is 5.66. The van der Waals surface area contributed by atoms with E-state index in [1.165, 1.54) is 0 Å². The normalized spacial score (nSPS) is 9.55. The number of aryl methyl sites for hydroxylation is 1. The lowest BCUT2D eigenvalue weighted by atomic mass is 10.2. The number of benzene rings is 1. The molecule has 0 aliphatic heterocycles. The Morgan fingerprint density at radius 3 is 2.64 bits per heavy atom. The standard InChI is InChI=1S/C16H13N5O/c1-2-3-7-15-21-16-12(5-4-6-14(16)22-15)20-13(10-19)11(8-17)9-18/h4-6,20H,2-3,7H2,1H3. The maximum absolute atomic E-state index is 9.10. The number of hydrogen-bond acceptors (Lipinski definition) is 6. The number of hydrogen-bond donors (Lipinski definition) is 1. The highest BCUT2D eigenvalue weighted by Gasteiger charge is 2.12. The second-order valence-electron chi connectivity index (χ2n) is 4.57. The van der Waals surface area contributed by atoms with Gasteiger partial charge in [-0.2, -0.15) is 15.8 Å². The van der Waals surface area contributed by atoms with Gasteiger partial charge in [0.05, 0.1) is 5.69 Å². The molecule has 0 amide bonds. The number of anilines is 1. The molecule has 1 aromatic heterocycles. The third kappa shape index (κ3) is 3.06. The van der Waals surface area contributed by atoms with Crippen LogP contribution in [0.5, 0.6) is 0 Å². The van der Waals surface area contributed by atoms with Gasteiger partial charge in [0, 0.05) is 6.42 Å². The molecule has 0 fully saturated rings. The number of nitrogens with one attached hydrogen (secondary N) is 1. The highest BCUT2D eigenvalue weighted by molar-refractivity contribution is 5.88. The van der Waals surface area contributed by atoms with Gasteiger partial charge in [-0.25, -0.2) is 4.98 Å². The Morgan fingerprint density at radius 1 is 1.23 bits per heavy atom. The van der Waals surface area contributed by atoms with Crippen molar-refractivity contribution in [2.75, 3.05) is 5.32 Å². The summed E-state index contributed by atoms with van der Waals surface area (Å²) in [7, 11) is 0. The van der Waals surface area contributed by atoms with Crippen molar-refractivity contribution in [1.82, 2.24) is 4.98 Å². The Hall–Kier alpha value is -3.30. The SMILES string of the molecule is CCCCc1nc2c(NC(C#N)=C(C#N)C#N)cccc2o1. The maximum atomic E-state index is 9.10. The van der Waals surface area contributed by atoms with Crippen LogP contribution in [0.1, 0.15) is 25.7 Å². The molecule has 0 aliphatic carbocycles. The summed E-state index contributed by atoms with van der Waals surface area (Å²) in [6, 6.07) is 10.5. The largest absolute Gasteiger partial charge is 0.441 e. The predicted molar refractivity (Wildman–Crippen MR) is 80.1 cm³/mol. The van der Waals surface area contributed by atoms with Crippen molar-refractivity contribution in [2.45, 2.75) is 26.2 Å². The molecule has 0 atom stereocenters. The van der Waals surface area contributed by atoms with Gasteiger partial charge in [-0.3, -0.25) is 0 Å². The van der Waals surface area contributed by atoms with Gasteiger partial charge in [-0.15, -0.1) is 0 Å². The molecule has 6 nitrogen and oxygen atoms in total. The molecule has 0 bridgehead atoms. The van der Waals surface area contributed by atoms with Crippen molar-refractivity contribution in [3.05, 3.63) is 35.4 Å². The summed E-state index contributed by atoms with van der Waals surface area (Å²) >= 11 is 0. The number of aromatic nitrogens is 1. The van der Waals surface area contributed by atoms with Crippen molar-refractivity contribution < 1.29 is 4.42 Å². The van der Waals surface area contributed by atoms with E-state index in [1.807, 2.05) is 6.07 Å². The second kappa shape index (κ2) is 6.92. The van der Waals surface area contributed by atoms with Crippen LogP contribution >= 0.6 is 0 Å². The smallest absolute Gasteiger partial charge is 0.195 e. The Morgan fingerprint density at radius 2 is 2.00 bits per heavy atom. The Labute approximate surface area is 127 Å². The van der Waals surface area contributed by atoms with Crippen LogP contribution in [0.4, 0.5) is 5.69 Å². The molecule has 0 saturated carbocycles. The van der Waals surface area contributed by atoms with E-state index < -0.39 is 0 Å². The number of fused-ring (bicyclic) bond motifs is 1. The van der Waals surface area contributed by atoms with Gasteiger partial charge in [0.2, 0.25) is 0 Å². The van der Waals surface area contributed by atoms with Crippen molar-refractivity contribution in [1.29, 1.82) is 15.8 Å². The third-order valence-corrected chi connectivity index (χ3v) is 3.05.